The number of nitrogens with one attached hydrogen (secondary N) is 1. The molecule has 1 aliphatic heterocycles. The van der Waals surface area contributed by atoms with E-state index in [0.29, 0.717) is 23.0 Å². The topological polar surface area (TPSA) is 67.2 Å². The molecule has 162 valence electrons. The minimum Gasteiger partial charge on any atom is -0.353 e. The first-order valence-electron chi connectivity index (χ1n) is 10.3. The molecule has 8 heteroatoms. The molecule has 0 bridgehead atoms. The maximum absolute atomic E-state index is 13.4. The van der Waals surface area contributed by atoms with Crippen molar-refractivity contribution in [2.75, 3.05) is 13.1 Å². The SMILES string of the molecule is Cn1nc(CC(=O)NC2CCN(Cc3ccc(F)c(F)c3)CC2)c2ccccc2c1=O. The number of amides is 1. The van der Waals surface area contributed by atoms with Gasteiger partial charge in [-0.05, 0) is 36.6 Å². The third kappa shape index (κ3) is 4.80. The fourth-order valence-corrected chi connectivity index (χ4v) is 4.07. The summed E-state index contributed by atoms with van der Waals surface area (Å²) in [4.78, 5) is 27.0. The molecule has 6 nitrogen and oxygen atoms in total. The van der Waals surface area contributed by atoms with Crippen LogP contribution in [0.15, 0.2) is 47.3 Å². The summed E-state index contributed by atoms with van der Waals surface area (Å²) in [6, 6.07) is 11.2. The number of fused-ring (bicyclic) bond motifs is 1. The van der Waals surface area contributed by atoms with E-state index < -0.39 is 11.6 Å². The zero-order valence-corrected chi connectivity index (χ0v) is 17.3. The summed E-state index contributed by atoms with van der Waals surface area (Å²) in [6.45, 7) is 2.06. The summed E-state index contributed by atoms with van der Waals surface area (Å²) in [6.07, 6.45) is 1.65. The van der Waals surface area contributed by atoms with Gasteiger partial charge in [-0.25, -0.2) is 13.5 Å². The van der Waals surface area contributed by atoms with E-state index in [1.807, 2.05) is 12.1 Å². The lowest BCUT2D eigenvalue weighted by Crippen LogP contribution is -2.45. The molecule has 4 rings (SSSR count). The van der Waals surface area contributed by atoms with E-state index in [9.17, 15) is 18.4 Å². The van der Waals surface area contributed by atoms with Crippen molar-refractivity contribution in [3.63, 3.8) is 0 Å². The number of aryl methyl sites for hydroxylation is 1. The van der Waals surface area contributed by atoms with Crippen molar-refractivity contribution >= 4 is 16.7 Å². The monoisotopic (exact) mass is 426 g/mol. The Morgan fingerprint density at radius 2 is 1.81 bits per heavy atom. The number of carbonyl (C=O) groups excluding carboxylic acids is 1. The summed E-state index contributed by atoms with van der Waals surface area (Å²) in [7, 11) is 1.58. The van der Waals surface area contributed by atoms with Gasteiger partial charge in [0.1, 0.15) is 0 Å². The van der Waals surface area contributed by atoms with E-state index in [1.165, 1.54) is 10.7 Å². The first-order chi connectivity index (χ1) is 14.9. The van der Waals surface area contributed by atoms with Crippen LogP contribution < -0.4 is 10.9 Å². The molecule has 0 radical (unpaired) electrons. The van der Waals surface area contributed by atoms with Crippen LogP contribution in [-0.4, -0.2) is 39.7 Å². The summed E-state index contributed by atoms with van der Waals surface area (Å²) >= 11 is 0. The van der Waals surface area contributed by atoms with Crippen LogP contribution in [0.2, 0.25) is 0 Å². The van der Waals surface area contributed by atoms with Crippen molar-refractivity contribution in [2.24, 2.45) is 7.05 Å². The van der Waals surface area contributed by atoms with Gasteiger partial charge in [-0.3, -0.25) is 14.5 Å². The van der Waals surface area contributed by atoms with E-state index in [2.05, 4.69) is 15.3 Å². The Bertz CT molecular complexity index is 1170. The van der Waals surface area contributed by atoms with Crippen LogP contribution in [0.3, 0.4) is 0 Å². The van der Waals surface area contributed by atoms with Crippen molar-refractivity contribution in [1.82, 2.24) is 20.0 Å². The van der Waals surface area contributed by atoms with Crippen LogP contribution in [0.25, 0.3) is 10.8 Å². The zero-order chi connectivity index (χ0) is 22.0. The largest absolute Gasteiger partial charge is 0.353 e. The number of nitrogens with zero attached hydrogens (tertiary/aromatic N) is 3. The third-order valence-corrected chi connectivity index (χ3v) is 5.70. The van der Waals surface area contributed by atoms with E-state index in [-0.39, 0.29) is 23.9 Å². The summed E-state index contributed by atoms with van der Waals surface area (Å²) in [5, 5.41) is 8.59. The molecule has 1 N–H and O–H groups in total. The van der Waals surface area contributed by atoms with E-state index in [4.69, 9.17) is 0 Å². The minimum atomic E-state index is -0.842. The van der Waals surface area contributed by atoms with E-state index in [0.717, 1.165) is 37.6 Å². The van der Waals surface area contributed by atoms with E-state index in [1.54, 1.807) is 25.2 Å². The predicted molar refractivity (Wildman–Crippen MR) is 113 cm³/mol. The van der Waals surface area contributed by atoms with Gasteiger partial charge in [0, 0.05) is 38.1 Å². The number of aromatic nitrogens is 2. The number of hydrogen-bond donors (Lipinski definition) is 1. The van der Waals surface area contributed by atoms with Crippen molar-refractivity contribution in [1.29, 1.82) is 0 Å². The third-order valence-electron chi connectivity index (χ3n) is 5.70. The lowest BCUT2D eigenvalue weighted by atomic mass is 10.0. The number of benzene rings is 2. The van der Waals surface area contributed by atoms with Gasteiger partial charge < -0.3 is 5.32 Å². The Morgan fingerprint density at radius 3 is 2.52 bits per heavy atom. The lowest BCUT2D eigenvalue weighted by molar-refractivity contribution is -0.121. The number of hydrogen-bond acceptors (Lipinski definition) is 4. The normalized spacial score (nSPS) is 15.3. The summed E-state index contributed by atoms with van der Waals surface area (Å²) < 4.78 is 27.7. The first-order valence-corrected chi connectivity index (χ1v) is 10.3. The zero-order valence-electron chi connectivity index (χ0n) is 17.3. The standard InChI is InChI=1S/C23H24F2N4O2/c1-28-23(31)18-5-3-2-4-17(18)21(27-28)13-22(30)26-16-8-10-29(11-9-16)14-15-6-7-19(24)20(25)12-15/h2-7,12,16H,8-11,13-14H2,1H3,(H,26,30). The Balaban J connectivity index is 1.33. The molecule has 31 heavy (non-hydrogen) atoms. The summed E-state index contributed by atoms with van der Waals surface area (Å²) in [5.74, 6) is -1.81. The highest BCUT2D eigenvalue weighted by molar-refractivity contribution is 5.88. The van der Waals surface area contributed by atoms with Crippen molar-refractivity contribution in [2.45, 2.75) is 31.8 Å². The average Bonchev–Trinajstić information content (AvgIpc) is 2.76. The molecule has 0 aliphatic carbocycles. The molecule has 1 aromatic heterocycles. The molecule has 0 atom stereocenters. The number of piperidine rings is 1. The van der Waals surface area contributed by atoms with Crippen LogP contribution in [0.1, 0.15) is 24.1 Å². The van der Waals surface area contributed by atoms with Crippen LogP contribution in [-0.2, 0) is 24.8 Å². The number of likely N-dealkylation sites (tertiary alicyclic amines) is 1. The molecule has 2 heterocycles. The van der Waals surface area contributed by atoms with E-state index >= 15 is 0 Å². The number of rotatable bonds is 5. The maximum Gasteiger partial charge on any atom is 0.274 e. The number of carbonyl (C=O) groups is 1. The van der Waals surface area contributed by atoms with Crippen LogP contribution in [0, 0.1) is 11.6 Å². The van der Waals surface area contributed by atoms with Crippen molar-refractivity contribution < 1.29 is 13.6 Å². The average molecular weight is 426 g/mol. The fraction of sp³-hybridized carbons (Fsp3) is 0.348. The van der Waals surface area contributed by atoms with Gasteiger partial charge in [0.15, 0.2) is 11.6 Å². The van der Waals surface area contributed by atoms with Gasteiger partial charge in [-0.1, -0.05) is 24.3 Å². The molecule has 1 fully saturated rings. The predicted octanol–water partition coefficient (Wildman–Crippen LogP) is 2.54. The molecule has 0 spiro atoms. The molecule has 1 aliphatic rings. The van der Waals surface area contributed by atoms with Crippen LogP contribution in [0.5, 0.6) is 0 Å². The fourth-order valence-electron chi connectivity index (χ4n) is 4.07. The second-order valence-electron chi connectivity index (χ2n) is 7.96. The molecule has 3 aromatic rings. The summed E-state index contributed by atoms with van der Waals surface area (Å²) in [5.41, 5.74) is 1.12. The van der Waals surface area contributed by atoms with Gasteiger partial charge in [-0.15, -0.1) is 0 Å². The first kappa shape index (κ1) is 21.1. The highest BCUT2D eigenvalue weighted by atomic mass is 19.2. The highest BCUT2D eigenvalue weighted by Gasteiger charge is 2.22. The van der Waals surface area contributed by atoms with Crippen molar-refractivity contribution in [3.05, 3.63) is 75.7 Å². The Morgan fingerprint density at radius 1 is 1.10 bits per heavy atom. The molecule has 2 aromatic carbocycles. The lowest BCUT2D eigenvalue weighted by Gasteiger charge is -2.32. The molecule has 0 unspecified atom stereocenters. The van der Waals surface area contributed by atoms with Gasteiger partial charge in [0.05, 0.1) is 17.5 Å². The molecule has 1 saturated heterocycles. The second kappa shape index (κ2) is 8.93. The highest BCUT2D eigenvalue weighted by Crippen LogP contribution is 2.17. The van der Waals surface area contributed by atoms with Crippen LogP contribution in [0.4, 0.5) is 8.78 Å². The quantitative estimate of drug-likeness (QED) is 0.681. The minimum absolute atomic E-state index is 0.0486. The Kier molecular flexibility index (Phi) is 6.08. The van der Waals surface area contributed by atoms with Gasteiger partial charge in [-0.2, -0.15) is 5.10 Å². The van der Waals surface area contributed by atoms with Crippen LogP contribution >= 0.6 is 0 Å². The van der Waals surface area contributed by atoms with Crippen molar-refractivity contribution in [3.8, 4) is 0 Å². The molecule has 1 amide bonds. The van der Waals surface area contributed by atoms with Gasteiger partial charge in [0.2, 0.25) is 5.91 Å². The molecule has 0 saturated carbocycles. The van der Waals surface area contributed by atoms with Gasteiger partial charge in [0.25, 0.3) is 5.56 Å². The maximum atomic E-state index is 13.4. The second-order valence-corrected chi connectivity index (χ2v) is 7.96. The Labute approximate surface area is 178 Å². The smallest absolute Gasteiger partial charge is 0.274 e. The Hall–Kier alpha value is -3.13. The van der Waals surface area contributed by atoms with Gasteiger partial charge >= 0.3 is 0 Å². The molecular formula is C23H24F2N4O2. The number of halogens is 2. The molecular weight excluding hydrogens is 402 g/mol.